The Balaban J connectivity index is 1.71. The van der Waals surface area contributed by atoms with E-state index >= 15 is 0 Å². The molecule has 0 radical (unpaired) electrons. The predicted molar refractivity (Wildman–Crippen MR) is 132 cm³/mol. The summed E-state index contributed by atoms with van der Waals surface area (Å²) >= 11 is 0. The molecule has 5 nitrogen and oxygen atoms in total. The van der Waals surface area contributed by atoms with Crippen molar-refractivity contribution in [3.63, 3.8) is 0 Å². The molecule has 0 fully saturated rings. The first-order valence-corrected chi connectivity index (χ1v) is 12.2. The van der Waals surface area contributed by atoms with Gasteiger partial charge in [-0.1, -0.05) is 61.5 Å². The fraction of sp³-hybridized carbons (Fsp3) is 0.379. The molecule has 1 aliphatic heterocycles. The molecule has 2 atom stereocenters. The van der Waals surface area contributed by atoms with Crippen molar-refractivity contribution in [1.82, 2.24) is 5.32 Å². The van der Waals surface area contributed by atoms with E-state index in [4.69, 9.17) is 9.47 Å². The molecule has 1 aliphatic carbocycles. The van der Waals surface area contributed by atoms with Gasteiger partial charge < -0.3 is 14.8 Å². The SMILES string of the molecule is CCOCCOC(=O)C1=C(C)NC2=C(C(=O)CC(c3ccccc3)C2)C1c1ccc(CC)cc1. The lowest BCUT2D eigenvalue weighted by Crippen LogP contribution is -2.36. The summed E-state index contributed by atoms with van der Waals surface area (Å²) in [4.78, 5) is 26.8. The maximum Gasteiger partial charge on any atom is 0.336 e. The Morgan fingerprint density at radius 2 is 1.71 bits per heavy atom. The molecule has 2 aromatic carbocycles. The van der Waals surface area contributed by atoms with Crippen LogP contribution in [0.3, 0.4) is 0 Å². The molecule has 0 spiro atoms. The number of hydrogen-bond donors (Lipinski definition) is 1. The molecule has 0 aromatic heterocycles. The van der Waals surface area contributed by atoms with E-state index in [-0.39, 0.29) is 18.3 Å². The van der Waals surface area contributed by atoms with Crippen molar-refractivity contribution in [3.05, 3.63) is 93.8 Å². The Kier molecular flexibility index (Phi) is 7.63. The number of benzene rings is 2. The summed E-state index contributed by atoms with van der Waals surface area (Å²) < 4.78 is 10.9. The molecule has 5 heteroatoms. The number of Topliss-reactive ketones (excluding diaryl/α,β-unsaturated/α-hetero) is 1. The van der Waals surface area contributed by atoms with Crippen LogP contribution in [0.25, 0.3) is 0 Å². The Hall–Kier alpha value is -3.18. The first kappa shape index (κ1) is 24.0. The maximum absolute atomic E-state index is 13.6. The molecule has 0 amide bonds. The smallest absolute Gasteiger partial charge is 0.336 e. The van der Waals surface area contributed by atoms with E-state index in [0.29, 0.717) is 30.8 Å². The molecule has 0 bridgehead atoms. The van der Waals surface area contributed by atoms with Gasteiger partial charge >= 0.3 is 5.97 Å². The monoisotopic (exact) mass is 459 g/mol. The number of carbonyl (C=O) groups excluding carboxylic acids is 2. The second-order valence-corrected chi connectivity index (χ2v) is 8.86. The molecule has 0 saturated heterocycles. The number of carbonyl (C=O) groups is 2. The highest BCUT2D eigenvalue weighted by Gasteiger charge is 2.41. The van der Waals surface area contributed by atoms with Gasteiger partial charge in [0.05, 0.1) is 12.2 Å². The van der Waals surface area contributed by atoms with Gasteiger partial charge in [-0.25, -0.2) is 4.79 Å². The molecule has 34 heavy (non-hydrogen) atoms. The van der Waals surface area contributed by atoms with Gasteiger partial charge in [0.2, 0.25) is 0 Å². The molecule has 2 aromatic rings. The summed E-state index contributed by atoms with van der Waals surface area (Å²) in [5.74, 6) is -0.639. The number of rotatable bonds is 8. The summed E-state index contributed by atoms with van der Waals surface area (Å²) in [5.41, 5.74) is 6.17. The van der Waals surface area contributed by atoms with Crippen LogP contribution in [0.15, 0.2) is 77.1 Å². The molecular formula is C29H33NO4. The normalized spacial score (nSPS) is 20.1. The Morgan fingerprint density at radius 1 is 0.971 bits per heavy atom. The maximum atomic E-state index is 13.6. The number of dihydropyridines is 1. The van der Waals surface area contributed by atoms with E-state index in [2.05, 4.69) is 36.5 Å². The average molecular weight is 460 g/mol. The van der Waals surface area contributed by atoms with Crippen molar-refractivity contribution in [2.24, 2.45) is 0 Å². The number of ether oxygens (including phenoxy) is 2. The highest BCUT2D eigenvalue weighted by atomic mass is 16.6. The van der Waals surface area contributed by atoms with Crippen molar-refractivity contribution in [3.8, 4) is 0 Å². The molecule has 2 aliphatic rings. The largest absolute Gasteiger partial charge is 0.460 e. The van der Waals surface area contributed by atoms with Crippen LogP contribution < -0.4 is 5.32 Å². The number of ketones is 1. The van der Waals surface area contributed by atoms with Crippen LogP contribution in [-0.2, 0) is 25.5 Å². The number of esters is 1. The minimum absolute atomic E-state index is 0.0827. The third-order valence-corrected chi connectivity index (χ3v) is 6.70. The molecule has 1 heterocycles. The number of hydrogen-bond acceptors (Lipinski definition) is 5. The van der Waals surface area contributed by atoms with E-state index in [1.54, 1.807) is 0 Å². The van der Waals surface area contributed by atoms with Gasteiger partial charge in [0, 0.05) is 35.9 Å². The lowest BCUT2D eigenvalue weighted by molar-refractivity contribution is -0.140. The van der Waals surface area contributed by atoms with Crippen molar-refractivity contribution in [2.75, 3.05) is 19.8 Å². The van der Waals surface area contributed by atoms with E-state index in [1.807, 2.05) is 44.2 Å². The molecular weight excluding hydrogens is 426 g/mol. The third-order valence-electron chi connectivity index (χ3n) is 6.70. The van der Waals surface area contributed by atoms with Crippen LogP contribution in [0.5, 0.6) is 0 Å². The number of nitrogens with one attached hydrogen (secondary N) is 1. The zero-order valence-corrected chi connectivity index (χ0v) is 20.2. The lowest BCUT2D eigenvalue weighted by atomic mass is 9.71. The summed E-state index contributed by atoms with van der Waals surface area (Å²) in [6.07, 6.45) is 2.09. The summed E-state index contributed by atoms with van der Waals surface area (Å²) in [6.45, 7) is 7.01. The molecule has 2 unspecified atom stereocenters. The molecule has 178 valence electrons. The van der Waals surface area contributed by atoms with E-state index in [9.17, 15) is 9.59 Å². The summed E-state index contributed by atoms with van der Waals surface area (Å²) in [6, 6.07) is 18.4. The summed E-state index contributed by atoms with van der Waals surface area (Å²) in [7, 11) is 0. The first-order valence-electron chi connectivity index (χ1n) is 12.2. The minimum atomic E-state index is -0.439. The number of allylic oxidation sites excluding steroid dienone is 3. The Bertz CT molecular complexity index is 1100. The second kappa shape index (κ2) is 10.8. The quantitative estimate of drug-likeness (QED) is 0.435. The van der Waals surface area contributed by atoms with Crippen molar-refractivity contribution < 1.29 is 19.1 Å². The fourth-order valence-corrected chi connectivity index (χ4v) is 4.97. The van der Waals surface area contributed by atoms with Crippen molar-refractivity contribution in [2.45, 2.75) is 51.9 Å². The van der Waals surface area contributed by atoms with E-state index in [1.165, 1.54) is 5.56 Å². The zero-order chi connectivity index (χ0) is 24.1. The van der Waals surface area contributed by atoms with Crippen LogP contribution in [0.4, 0.5) is 0 Å². The highest BCUT2D eigenvalue weighted by Crippen LogP contribution is 2.45. The topological polar surface area (TPSA) is 64.6 Å². The molecule has 0 saturated carbocycles. The fourth-order valence-electron chi connectivity index (χ4n) is 4.97. The van der Waals surface area contributed by atoms with Gasteiger partial charge in [-0.05, 0) is 49.3 Å². The molecule has 4 rings (SSSR count). The van der Waals surface area contributed by atoms with Gasteiger partial charge in [-0.2, -0.15) is 0 Å². The van der Waals surface area contributed by atoms with E-state index in [0.717, 1.165) is 35.4 Å². The highest BCUT2D eigenvalue weighted by molar-refractivity contribution is 6.04. The predicted octanol–water partition coefficient (Wildman–Crippen LogP) is 5.19. The Labute approximate surface area is 201 Å². The number of aryl methyl sites for hydroxylation is 1. The van der Waals surface area contributed by atoms with Gasteiger partial charge in [0.25, 0.3) is 0 Å². The standard InChI is InChI=1S/C29H33NO4/c1-4-20-11-13-22(14-12-20)27-26(29(32)34-16-15-33-5-2)19(3)30-24-17-23(18-25(31)28(24)27)21-9-7-6-8-10-21/h6-14,23,27,30H,4-5,15-18H2,1-3H3. The van der Waals surface area contributed by atoms with Crippen LogP contribution in [0, 0.1) is 0 Å². The van der Waals surface area contributed by atoms with Gasteiger partial charge in [-0.3, -0.25) is 4.79 Å². The average Bonchev–Trinajstić information content (AvgIpc) is 2.86. The van der Waals surface area contributed by atoms with Crippen molar-refractivity contribution in [1.29, 1.82) is 0 Å². The zero-order valence-electron chi connectivity index (χ0n) is 20.2. The minimum Gasteiger partial charge on any atom is -0.460 e. The van der Waals surface area contributed by atoms with Crippen LogP contribution in [0.1, 0.15) is 62.1 Å². The van der Waals surface area contributed by atoms with Crippen LogP contribution in [-0.4, -0.2) is 31.6 Å². The second-order valence-electron chi connectivity index (χ2n) is 8.86. The third kappa shape index (κ3) is 5.00. The molecule has 1 N–H and O–H groups in total. The van der Waals surface area contributed by atoms with Crippen molar-refractivity contribution >= 4 is 11.8 Å². The van der Waals surface area contributed by atoms with Crippen LogP contribution in [0.2, 0.25) is 0 Å². The summed E-state index contributed by atoms with van der Waals surface area (Å²) in [5, 5.41) is 3.41. The van der Waals surface area contributed by atoms with Gasteiger partial charge in [0.1, 0.15) is 6.61 Å². The lowest BCUT2D eigenvalue weighted by Gasteiger charge is -2.36. The van der Waals surface area contributed by atoms with Crippen LogP contribution >= 0.6 is 0 Å². The van der Waals surface area contributed by atoms with E-state index < -0.39 is 11.9 Å². The van der Waals surface area contributed by atoms with Gasteiger partial charge in [-0.15, -0.1) is 0 Å². The Morgan fingerprint density at radius 3 is 2.38 bits per heavy atom. The van der Waals surface area contributed by atoms with Gasteiger partial charge in [0.15, 0.2) is 5.78 Å². The first-order chi connectivity index (χ1) is 16.5.